The van der Waals surface area contributed by atoms with E-state index < -0.39 is 0 Å². The summed E-state index contributed by atoms with van der Waals surface area (Å²) in [6.45, 7) is 0.253. The molecule has 0 amide bonds. The van der Waals surface area contributed by atoms with E-state index in [1.807, 2.05) is 6.07 Å². The van der Waals surface area contributed by atoms with Crippen LogP contribution in [-0.2, 0) is 17.6 Å². The standard InChI is InChI=1S/C15H18O2/c16-15(10-17-14-5-2-6-14)13-8-7-11-3-1-4-12(11)9-13/h7-9,14H,1-6,10H2. The van der Waals surface area contributed by atoms with Gasteiger partial charge < -0.3 is 4.74 Å². The van der Waals surface area contributed by atoms with Crippen LogP contribution in [0.4, 0.5) is 0 Å². The third-order valence-corrected chi connectivity index (χ3v) is 3.92. The average molecular weight is 230 g/mol. The summed E-state index contributed by atoms with van der Waals surface area (Å²) in [7, 11) is 0. The Balaban J connectivity index is 1.64. The molecule has 0 N–H and O–H groups in total. The Kier molecular flexibility index (Phi) is 2.98. The Morgan fingerprint density at radius 3 is 2.76 bits per heavy atom. The summed E-state index contributed by atoms with van der Waals surface area (Å²) in [6.07, 6.45) is 7.36. The van der Waals surface area contributed by atoms with E-state index in [0.29, 0.717) is 6.10 Å². The lowest BCUT2D eigenvalue weighted by atomic mass is 9.96. The van der Waals surface area contributed by atoms with E-state index in [9.17, 15) is 4.79 Å². The molecular weight excluding hydrogens is 212 g/mol. The van der Waals surface area contributed by atoms with E-state index in [4.69, 9.17) is 4.74 Å². The number of ketones is 1. The summed E-state index contributed by atoms with van der Waals surface area (Å²) in [5.41, 5.74) is 3.60. The number of aryl methyl sites for hydroxylation is 2. The number of carbonyl (C=O) groups excluding carboxylic acids is 1. The number of ether oxygens (including phenoxy) is 1. The summed E-state index contributed by atoms with van der Waals surface area (Å²) >= 11 is 0. The SMILES string of the molecule is O=C(COC1CCC1)c1ccc2c(c1)CCC2. The molecule has 0 saturated heterocycles. The molecule has 0 spiro atoms. The van der Waals surface area contributed by atoms with Crippen molar-refractivity contribution in [1.29, 1.82) is 0 Å². The Labute approximate surface area is 102 Å². The van der Waals surface area contributed by atoms with Gasteiger partial charge in [-0.3, -0.25) is 4.79 Å². The highest BCUT2D eigenvalue weighted by Crippen LogP contribution is 2.24. The molecule has 2 aliphatic carbocycles. The van der Waals surface area contributed by atoms with Crippen molar-refractivity contribution in [3.05, 3.63) is 34.9 Å². The first-order valence-corrected chi connectivity index (χ1v) is 6.59. The minimum atomic E-state index is 0.131. The molecule has 2 aliphatic rings. The molecule has 0 unspecified atom stereocenters. The molecule has 17 heavy (non-hydrogen) atoms. The van der Waals surface area contributed by atoms with Gasteiger partial charge in [-0.2, -0.15) is 0 Å². The van der Waals surface area contributed by atoms with Crippen molar-refractivity contribution in [2.24, 2.45) is 0 Å². The highest BCUT2D eigenvalue weighted by atomic mass is 16.5. The second-order valence-corrected chi connectivity index (χ2v) is 5.12. The van der Waals surface area contributed by atoms with E-state index in [0.717, 1.165) is 24.8 Å². The molecule has 0 aromatic heterocycles. The quantitative estimate of drug-likeness (QED) is 0.743. The molecule has 1 fully saturated rings. The fraction of sp³-hybridized carbons (Fsp3) is 0.533. The van der Waals surface area contributed by atoms with Gasteiger partial charge in [0.05, 0.1) is 6.10 Å². The second kappa shape index (κ2) is 4.61. The van der Waals surface area contributed by atoms with Crippen LogP contribution in [0.15, 0.2) is 18.2 Å². The number of hydrogen-bond acceptors (Lipinski definition) is 2. The highest BCUT2D eigenvalue weighted by molar-refractivity contribution is 5.97. The summed E-state index contributed by atoms with van der Waals surface area (Å²) in [5.74, 6) is 0.131. The topological polar surface area (TPSA) is 26.3 Å². The Bertz CT molecular complexity index is 433. The minimum absolute atomic E-state index is 0.131. The van der Waals surface area contributed by atoms with Gasteiger partial charge >= 0.3 is 0 Å². The molecule has 0 bridgehead atoms. The van der Waals surface area contributed by atoms with Crippen LogP contribution in [0.3, 0.4) is 0 Å². The van der Waals surface area contributed by atoms with Crippen LogP contribution in [-0.4, -0.2) is 18.5 Å². The largest absolute Gasteiger partial charge is 0.370 e. The fourth-order valence-electron chi connectivity index (χ4n) is 2.56. The monoisotopic (exact) mass is 230 g/mol. The Hall–Kier alpha value is -1.15. The van der Waals surface area contributed by atoms with Crippen LogP contribution in [0.25, 0.3) is 0 Å². The van der Waals surface area contributed by atoms with Gasteiger partial charge in [0.25, 0.3) is 0 Å². The third kappa shape index (κ3) is 2.27. The van der Waals surface area contributed by atoms with Gasteiger partial charge in [-0.1, -0.05) is 12.1 Å². The maximum Gasteiger partial charge on any atom is 0.188 e. The first-order chi connectivity index (χ1) is 8.33. The maximum atomic E-state index is 12.0. The van der Waals surface area contributed by atoms with E-state index in [2.05, 4.69) is 12.1 Å². The van der Waals surface area contributed by atoms with Gasteiger partial charge in [0.15, 0.2) is 5.78 Å². The Morgan fingerprint density at radius 2 is 2.00 bits per heavy atom. The number of benzene rings is 1. The summed E-state index contributed by atoms with van der Waals surface area (Å²) in [4.78, 5) is 12.0. The van der Waals surface area contributed by atoms with Crippen LogP contribution in [0.1, 0.15) is 47.2 Å². The van der Waals surface area contributed by atoms with Crippen molar-refractivity contribution in [2.45, 2.75) is 44.6 Å². The molecular formula is C15H18O2. The Morgan fingerprint density at radius 1 is 1.18 bits per heavy atom. The molecule has 3 rings (SSSR count). The molecule has 2 nitrogen and oxygen atoms in total. The highest BCUT2D eigenvalue weighted by Gasteiger charge is 2.20. The van der Waals surface area contributed by atoms with Gasteiger partial charge in [0.2, 0.25) is 0 Å². The minimum Gasteiger partial charge on any atom is -0.370 e. The van der Waals surface area contributed by atoms with Gasteiger partial charge in [-0.25, -0.2) is 0 Å². The number of fused-ring (bicyclic) bond motifs is 1. The first kappa shape index (κ1) is 11.0. The number of Topliss-reactive ketones (excluding diaryl/α,β-unsaturated/α-hetero) is 1. The molecule has 1 saturated carbocycles. The van der Waals surface area contributed by atoms with Gasteiger partial charge in [0, 0.05) is 5.56 Å². The van der Waals surface area contributed by atoms with Crippen molar-refractivity contribution in [3.63, 3.8) is 0 Å². The lowest BCUT2D eigenvalue weighted by molar-refractivity contribution is 0.00731. The molecule has 1 aromatic carbocycles. The maximum absolute atomic E-state index is 12.0. The van der Waals surface area contributed by atoms with E-state index >= 15 is 0 Å². The molecule has 0 radical (unpaired) electrons. The van der Waals surface area contributed by atoms with Gasteiger partial charge in [-0.15, -0.1) is 0 Å². The van der Waals surface area contributed by atoms with Crippen molar-refractivity contribution in [3.8, 4) is 0 Å². The first-order valence-electron chi connectivity index (χ1n) is 6.59. The van der Waals surface area contributed by atoms with Gasteiger partial charge in [0.1, 0.15) is 6.61 Å². The number of rotatable bonds is 4. The van der Waals surface area contributed by atoms with Crippen LogP contribution in [0.2, 0.25) is 0 Å². The van der Waals surface area contributed by atoms with Crippen molar-refractivity contribution in [1.82, 2.24) is 0 Å². The molecule has 0 heterocycles. The zero-order chi connectivity index (χ0) is 11.7. The van der Waals surface area contributed by atoms with Crippen molar-refractivity contribution < 1.29 is 9.53 Å². The third-order valence-electron chi connectivity index (χ3n) is 3.92. The van der Waals surface area contributed by atoms with E-state index in [-0.39, 0.29) is 12.4 Å². The number of hydrogen-bond donors (Lipinski definition) is 0. The zero-order valence-electron chi connectivity index (χ0n) is 10.1. The average Bonchev–Trinajstić information content (AvgIpc) is 2.73. The number of carbonyl (C=O) groups is 1. The van der Waals surface area contributed by atoms with Crippen LogP contribution in [0.5, 0.6) is 0 Å². The van der Waals surface area contributed by atoms with E-state index in [1.165, 1.54) is 30.4 Å². The lowest BCUT2D eigenvalue weighted by Gasteiger charge is -2.25. The van der Waals surface area contributed by atoms with Gasteiger partial charge in [-0.05, 0) is 55.7 Å². The van der Waals surface area contributed by atoms with Crippen molar-refractivity contribution in [2.75, 3.05) is 6.61 Å². The molecule has 1 aromatic rings. The summed E-state index contributed by atoms with van der Waals surface area (Å²) in [6, 6.07) is 6.13. The van der Waals surface area contributed by atoms with Crippen LogP contribution >= 0.6 is 0 Å². The molecule has 0 aliphatic heterocycles. The molecule has 0 atom stereocenters. The molecule has 90 valence electrons. The summed E-state index contributed by atoms with van der Waals surface area (Å²) in [5, 5.41) is 0. The van der Waals surface area contributed by atoms with Crippen molar-refractivity contribution >= 4 is 5.78 Å². The lowest BCUT2D eigenvalue weighted by Crippen LogP contribution is -2.24. The smallest absolute Gasteiger partial charge is 0.188 e. The predicted molar refractivity (Wildman–Crippen MR) is 66.4 cm³/mol. The fourth-order valence-corrected chi connectivity index (χ4v) is 2.56. The normalized spacial score (nSPS) is 18.8. The summed E-state index contributed by atoms with van der Waals surface area (Å²) < 4.78 is 5.56. The molecule has 2 heteroatoms. The van der Waals surface area contributed by atoms with E-state index in [1.54, 1.807) is 0 Å². The predicted octanol–water partition coefficient (Wildman–Crippen LogP) is 2.93. The second-order valence-electron chi connectivity index (χ2n) is 5.12. The zero-order valence-corrected chi connectivity index (χ0v) is 10.1. The van der Waals surface area contributed by atoms with Crippen LogP contribution in [0, 0.1) is 0 Å². The van der Waals surface area contributed by atoms with Crippen LogP contribution < -0.4 is 0 Å².